The maximum Gasteiger partial charge on any atom is 0.241 e. The van der Waals surface area contributed by atoms with Crippen molar-refractivity contribution in [3.05, 3.63) is 70.2 Å². The van der Waals surface area contributed by atoms with Crippen LogP contribution in [0.25, 0.3) is 0 Å². The first-order chi connectivity index (χ1) is 11.1. The van der Waals surface area contributed by atoms with E-state index >= 15 is 0 Å². The van der Waals surface area contributed by atoms with Gasteiger partial charge in [-0.1, -0.05) is 64.5 Å². The van der Waals surface area contributed by atoms with Crippen molar-refractivity contribution in [1.29, 1.82) is 0 Å². The van der Waals surface area contributed by atoms with Crippen molar-refractivity contribution in [3.63, 3.8) is 0 Å². The van der Waals surface area contributed by atoms with E-state index in [1.165, 1.54) is 5.56 Å². The number of rotatable bonds is 4. The van der Waals surface area contributed by atoms with E-state index in [2.05, 4.69) is 38.9 Å². The van der Waals surface area contributed by atoms with Gasteiger partial charge in [0.25, 0.3) is 0 Å². The van der Waals surface area contributed by atoms with Gasteiger partial charge in [-0.15, -0.1) is 0 Å². The maximum absolute atomic E-state index is 12.6. The van der Waals surface area contributed by atoms with Gasteiger partial charge in [0, 0.05) is 24.1 Å². The van der Waals surface area contributed by atoms with Crippen LogP contribution in [-0.4, -0.2) is 23.9 Å². The van der Waals surface area contributed by atoms with Gasteiger partial charge < -0.3 is 4.90 Å². The lowest BCUT2D eigenvalue weighted by Gasteiger charge is -2.21. The van der Waals surface area contributed by atoms with Gasteiger partial charge in [0.05, 0.1) is 0 Å². The summed E-state index contributed by atoms with van der Waals surface area (Å²) in [6.07, 6.45) is 0.753. The lowest BCUT2D eigenvalue weighted by atomic mass is 10.0. The number of hydrazine groups is 1. The third-order valence-corrected chi connectivity index (χ3v) is 4.92. The van der Waals surface area contributed by atoms with E-state index in [1.54, 1.807) is 4.90 Å². The Morgan fingerprint density at radius 2 is 1.83 bits per heavy atom. The van der Waals surface area contributed by atoms with E-state index in [1.807, 2.05) is 49.5 Å². The molecule has 3 rings (SSSR count). The third-order valence-electron chi connectivity index (χ3n) is 4.14. The molecule has 2 atom stereocenters. The van der Waals surface area contributed by atoms with E-state index < -0.39 is 0 Å². The summed E-state index contributed by atoms with van der Waals surface area (Å²) in [5, 5.41) is 0. The molecule has 0 spiro atoms. The molecule has 4 nitrogen and oxygen atoms in total. The second-order valence-corrected chi connectivity index (χ2v) is 6.68. The molecule has 0 saturated carbocycles. The summed E-state index contributed by atoms with van der Waals surface area (Å²) >= 11 is 3.53. The quantitative estimate of drug-likeness (QED) is 0.865. The highest BCUT2D eigenvalue weighted by atomic mass is 79.9. The number of nitrogens with one attached hydrogen (secondary N) is 2. The van der Waals surface area contributed by atoms with Gasteiger partial charge >= 0.3 is 0 Å². The van der Waals surface area contributed by atoms with Crippen molar-refractivity contribution < 1.29 is 4.79 Å². The molecule has 1 saturated heterocycles. The van der Waals surface area contributed by atoms with Crippen molar-refractivity contribution >= 4 is 21.8 Å². The second-order valence-electron chi connectivity index (χ2n) is 5.83. The minimum atomic E-state index is -0.201. The molecule has 2 aromatic carbocycles. The van der Waals surface area contributed by atoms with Crippen molar-refractivity contribution in [2.45, 2.75) is 25.0 Å². The zero-order valence-corrected chi connectivity index (χ0v) is 14.6. The van der Waals surface area contributed by atoms with E-state index in [0.29, 0.717) is 6.54 Å². The van der Waals surface area contributed by atoms with Crippen LogP contribution in [0.1, 0.15) is 23.6 Å². The molecule has 2 aromatic rings. The number of hydrogen-bond donors (Lipinski definition) is 2. The predicted octanol–water partition coefficient (Wildman–Crippen LogP) is 3.02. The molecule has 1 amide bonds. The smallest absolute Gasteiger partial charge is 0.241 e. The Morgan fingerprint density at radius 1 is 1.13 bits per heavy atom. The molecule has 1 fully saturated rings. The molecule has 0 aromatic heterocycles. The summed E-state index contributed by atoms with van der Waals surface area (Å²) in [5.74, 6) is 0.103. The molecular formula is C18H20BrN3O. The molecule has 2 N–H and O–H groups in total. The Labute approximate surface area is 145 Å². The van der Waals surface area contributed by atoms with Crippen LogP contribution in [0.5, 0.6) is 0 Å². The highest BCUT2D eigenvalue weighted by Crippen LogP contribution is 2.23. The van der Waals surface area contributed by atoms with Crippen LogP contribution in [0, 0.1) is 0 Å². The van der Waals surface area contributed by atoms with Crippen LogP contribution in [0.4, 0.5) is 0 Å². The van der Waals surface area contributed by atoms with Gasteiger partial charge in [-0.2, -0.15) is 0 Å². The summed E-state index contributed by atoms with van der Waals surface area (Å²) in [5.41, 5.74) is 8.66. The average molecular weight is 374 g/mol. The molecule has 23 heavy (non-hydrogen) atoms. The van der Waals surface area contributed by atoms with Crippen LogP contribution in [0.3, 0.4) is 0 Å². The highest BCUT2D eigenvalue weighted by Gasteiger charge is 2.31. The topological polar surface area (TPSA) is 44.4 Å². The normalized spacial score (nSPS) is 20.4. The van der Waals surface area contributed by atoms with Gasteiger partial charge in [0.2, 0.25) is 5.91 Å². The largest absolute Gasteiger partial charge is 0.340 e. The van der Waals surface area contributed by atoms with Crippen molar-refractivity contribution in [2.24, 2.45) is 0 Å². The number of halogens is 1. The van der Waals surface area contributed by atoms with Crippen molar-refractivity contribution in [3.8, 4) is 0 Å². The summed E-state index contributed by atoms with van der Waals surface area (Å²) in [6.45, 7) is 0.592. The molecule has 5 heteroatoms. The van der Waals surface area contributed by atoms with Crippen LogP contribution in [0.2, 0.25) is 0 Å². The number of carbonyl (C=O) groups excluding carboxylic acids is 1. The van der Waals surface area contributed by atoms with Crippen molar-refractivity contribution in [1.82, 2.24) is 15.8 Å². The van der Waals surface area contributed by atoms with Gasteiger partial charge in [0.15, 0.2) is 0 Å². The minimum Gasteiger partial charge on any atom is -0.340 e. The Morgan fingerprint density at radius 3 is 2.57 bits per heavy atom. The molecule has 120 valence electrons. The van der Waals surface area contributed by atoms with E-state index in [0.717, 1.165) is 16.5 Å². The fourth-order valence-corrected chi connectivity index (χ4v) is 3.26. The Bertz CT molecular complexity index is 677. The number of amides is 1. The van der Waals surface area contributed by atoms with Crippen molar-refractivity contribution in [2.75, 3.05) is 7.05 Å². The summed E-state index contributed by atoms with van der Waals surface area (Å²) in [7, 11) is 1.85. The monoisotopic (exact) mass is 373 g/mol. The van der Waals surface area contributed by atoms with E-state index in [9.17, 15) is 4.79 Å². The Hall–Kier alpha value is -1.69. The zero-order valence-electron chi connectivity index (χ0n) is 13.0. The van der Waals surface area contributed by atoms with Gasteiger partial charge in [-0.05, 0) is 23.6 Å². The number of likely N-dealkylation sites (N-methyl/N-ethyl adjacent to an activating group) is 1. The highest BCUT2D eigenvalue weighted by molar-refractivity contribution is 9.10. The molecule has 0 radical (unpaired) electrons. The molecule has 1 aliphatic heterocycles. The minimum absolute atomic E-state index is 0.103. The SMILES string of the molecule is CN(Cc1ccccc1Br)C(=O)C1CC(c2ccccc2)NN1. The molecule has 0 aliphatic carbocycles. The maximum atomic E-state index is 12.6. The Kier molecular flexibility index (Phi) is 5.10. The van der Waals surface area contributed by atoms with Crippen LogP contribution in [-0.2, 0) is 11.3 Å². The number of hydrogen-bond acceptors (Lipinski definition) is 3. The lowest BCUT2D eigenvalue weighted by molar-refractivity contribution is -0.132. The first kappa shape index (κ1) is 16.2. The average Bonchev–Trinajstić information content (AvgIpc) is 3.07. The van der Waals surface area contributed by atoms with E-state index in [4.69, 9.17) is 0 Å². The summed E-state index contributed by atoms with van der Waals surface area (Å²) in [6, 6.07) is 18.1. The number of carbonyl (C=O) groups is 1. The predicted molar refractivity (Wildman–Crippen MR) is 94.5 cm³/mol. The number of nitrogens with zero attached hydrogens (tertiary/aromatic N) is 1. The fraction of sp³-hybridized carbons (Fsp3) is 0.278. The molecule has 1 heterocycles. The first-order valence-corrected chi connectivity index (χ1v) is 8.49. The van der Waals surface area contributed by atoms with Crippen LogP contribution < -0.4 is 10.9 Å². The van der Waals surface area contributed by atoms with E-state index in [-0.39, 0.29) is 18.0 Å². The first-order valence-electron chi connectivity index (χ1n) is 7.69. The molecule has 1 aliphatic rings. The zero-order chi connectivity index (χ0) is 16.2. The standard InChI is InChI=1S/C18H20BrN3O/c1-22(12-14-9-5-6-10-15(14)19)18(23)17-11-16(20-21-17)13-7-3-2-4-8-13/h2-10,16-17,20-21H,11-12H2,1H3. The molecule has 0 bridgehead atoms. The number of benzene rings is 2. The molecule has 2 unspecified atom stereocenters. The summed E-state index contributed by atoms with van der Waals surface area (Å²) < 4.78 is 1.03. The fourth-order valence-electron chi connectivity index (χ4n) is 2.85. The lowest BCUT2D eigenvalue weighted by Crippen LogP contribution is -2.43. The third kappa shape index (κ3) is 3.80. The van der Waals surface area contributed by atoms with Gasteiger partial charge in [-0.3, -0.25) is 4.79 Å². The second kappa shape index (κ2) is 7.25. The Balaban J connectivity index is 1.61. The molecular weight excluding hydrogens is 354 g/mol. The van der Waals surface area contributed by atoms with Crippen LogP contribution >= 0.6 is 15.9 Å². The van der Waals surface area contributed by atoms with Gasteiger partial charge in [0.1, 0.15) is 6.04 Å². The van der Waals surface area contributed by atoms with Gasteiger partial charge in [-0.25, -0.2) is 10.9 Å². The summed E-state index contributed by atoms with van der Waals surface area (Å²) in [4.78, 5) is 14.4. The van der Waals surface area contributed by atoms with Crippen LogP contribution in [0.15, 0.2) is 59.1 Å².